The maximum Gasteiger partial charge on any atom is 0.0788 e. The number of aromatic nitrogens is 1. The molecular formula is C25H17N. The molecule has 0 unspecified atom stereocenters. The van der Waals surface area contributed by atoms with Gasteiger partial charge in [0.1, 0.15) is 0 Å². The molecule has 0 spiro atoms. The fraction of sp³-hybridized carbons (Fsp3) is 0. The minimum atomic E-state index is 1.04. The summed E-state index contributed by atoms with van der Waals surface area (Å²) < 4.78 is 0. The summed E-state index contributed by atoms with van der Waals surface area (Å²) in [6.07, 6.45) is 0. The van der Waals surface area contributed by atoms with Gasteiger partial charge in [0.15, 0.2) is 0 Å². The van der Waals surface area contributed by atoms with Crippen molar-refractivity contribution >= 4 is 21.7 Å². The Balaban J connectivity index is 1.71. The topological polar surface area (TPSA) is 12.9 Å². The van der Waals surface area contributed by atoms with Crippen LogP contribution in [0.1, 0.15) is 0 Å². The Bertz CT molecular complexity index is 1210. The zero-order valence-electron chi connectivity index (χ0n) is 14.3. The average molecular weight is 331 g/mol. The molecule has 0 saturated carbocycles. The SMILES string of the molecule is c1ccc(-c2ccc(-c3nc4ccccc4c4ccccc34)cc2)cc1. The Morgan fingerprint density at radius 3 is 1.69 bits per heavy atom. The van der Waals surface area contributed by atoms with Gasteiger partial charge in [-0.3, -0.25) is 0 Å². The summed E-state index contributed by atoms with van der Waals surface area (Å²) in [7, 11) is 0. The van der Waals surface area contributed by atoms with Gasteiger partial charge in [0, 0.05) is 16.3 Å². The van der Waals surface area contributed by atoms with E-state index in [0.717, 1.165) is 16.8 Å². The van der Waals surface area contributed by atoms with Crippen LogP contribution in [0.3, 0.4) is 0 Å². The molecule has 1 heteroatoms. The van der Waals surface area contributed by atoms with Gasteiger partial charge < -0.3 is 0 Å². The van der Waals surface area contributed by atoms with Crippen LogP contribution in [-0.4, -0.2) is 4.98 Å². The largest absolute Gasteiger partial charge is 0.247 e. The van der Waals surface area contributed by atoms with E-state index in [1.54, 1.807) is 0 Å². The van der Waals surface area contributed by atoms with E-state index >= 15 is 0 Å². The zero-order valence-corrected chi connectivity index (χ0v) is 14.3. The highest BCUT2D eigenvalue weighted by atomic mass is 14.7. The molecule has 0 aliphatic rings. The lowest BCUT2D eigenvalue weighted by Crippen LogP contribution is -1.89. The molecule has 0 aliphatic heterocycles. The Hall–Kier alpha value is -3.45. The maximum atomic E-state index is 4.98. The molecule has 5 aromatic rings. The molecule has 4 aromatic carbocycles. The molecular weight excluding hydrogens is 314 g/mol. The summed E-state index contributed by atoms with van der Waals surface area (Å²) in [5, 5.41) is 3.65. The van der Waals surface area contributed by atoms with Gasteiger partial charge in [0.05, 0.1) is 11.2 Å². The lowest BCUT2D eigenvalue weighted by molar-refractivity contribution is 1.43. The summed E-state index contributed by atoms with van der Waals surface area (Å²) in [4.78, 5) is 4.98. The average Bonchev–Trinajstić information content (AvgIpc) is 2.74. The molecule has 26 heavy (non-hydrogen) atoms. The van der Waals surface area contributed by atoms with E-state index in [1.807, 2.05) is 12.1 Å². The first-order valence-corrected chi connectivity index (χ1v) is 8.83. The van der Waals surface area contributed by atoms with Crippen molar-refractivity contribution in [3.8, 4) is 22.4 Å². The maximum absolute atomic E-state index is 4.98. The van der Waals surface area contributed by atoms with E-state index in [9.17, 15) is 0 Å². The molecule has 1 nitrogen and oxygen atoms in total. The molecule has 0 amide bonds. The van der Waals surface area contributed by atoms with Gasteiger partial charge in [0.2, 0.25) is 0 Å². The summed E-state index contributed by atoms with van der Waals surface area (Å²) in [6.45, 7) is 0. The minimum Gasteiger partial charge on any atom is -0.247 e. The predicted molar refractivity (Wildman–Crippen MR) is 110 cm³/mol. The van der Waals surface area contributed by atoms with Crippen molar-refractivity contribution in [2.24, 2.45) is 0 Å². The first-order chi connectivity index (χ1) is 12.9. The molecule has 0 N–H and O–H groups in total. The van der Waals surface area contributed by atoms with E-state index in [-0.39, 0.29) is 0 Å². The third-order valence-corrected chi connectivity index (χ3v) is 4.87. The van der Waals surface area contributed by atoms with Crippen LogP contribution in [0.5, 0.6) is 0 Å². The van der Waals surface area contributed by atoms with Crippen molar-refractivity contribution in [1.29, 1.82) is 0 Å². The van der Waals surface area contributed by atoms with Crippen molar-refractivity contribution < 1.29 is 0 Å². The Labute approximate surface area is 152 Å². The quantitative estimate of drug-likeness (QED) is 0.327. The number of fused-ring (bicyclic) bond motifs is 3. The van der Waals surface area contributed by atoms with Crippen LogP contribution in [0.2, 0.25) is 0 Å². The fourth-order valence-electron chi connectivity index (χ4n) is 3.58. The first kappa shape index (κ1) is 14.9. The van der Waals surface area contributed by atoms with Crippen molar-refractivity contribution in [2.45, 2.75) is 0 Å². The molecule has 0 aliphatic carbocycles. The normalized spacial score (nSPS) is 11.1. The highest BCUT2D eigenvalue weighted by Crippen LogP contribution is 2.33. The summed E-state index contributed by atoms with van der Waals surface area (Å²) >= 11 is 0. The summed E-state index contributed by atoms with van der Waals surface area (Å²) in [5.74, 6) is 0. The first-order valence-electron chi connectivity index (χ1n) is 8.83. The van der Waals surface area contributed by atoms with Crippen molar-refractivity contribution in [3.05, 3.63) is 103 Å². The number of hydrogen-bond donors (Lipinski definition) is 0. The van der Waals surface area contributed by atoms with Gasteiger partial charge in [0.25, 0.3) is 0 Å². The number of benzene rings is 4. The van der Waals surface area contributed by atoms with Crippen molar-refractivity contribution in [3.63, 3.8) is 0 Å². The fourth-order valence-corrected chi connectivity index (χ4v) is 3.58. The minimum absolute atomic E-state index is 1.04. The van der Waals surface area contributed by atoms with Gasteiger partial charge in [-0.15, -0.1) is 0 Å². The van der Waals surface area contributed by atoms with Crippen LogP contribution in [0, 0.1) is 0 Å². The number of para-hydroxylation sites is 1. The van der Waals surface area contributed by atoms with Gasteiger partial charge >= 0.3 is 0 Å². The Morgan fingerprint density at radius 1 is 0.385 bits per heavy atom. The van der Waals surface area contributed by atoms with Crippen LogP contribution in [-0.2, 0) is 0 Å². The van der Waals surface area contributed by atoms with Crippen LogP contribution >= 0.6 is 0 Å². The van der Waals surface area contributed by atoms with Crippen molar-refractivity contribution in [1.82, 2.24) is 4.98 Å². The van der Waals surface area contributed by atoms with Gasteiger partial charge in [-0.1, -0.05) is 97.1 Å². The second-order valence-corrected chi connectivity index (χ2v) is 6.47. The second kappa shape index (κ2) is 6.12. The van der Waals surface area contributed by atoms with Crippen LogP contribution in [0.15, 0.2) is 103 Å². The third kappa shape index (κ3) is 2.46. The molecule has 0 atom stereocenters. The third-order valence-electron chi connectivity index (χ3n) is 4.87. The Kier molecular flexibility index (Phi) is 3.50. The van der Waals surface area contributed by atoms with Gasteiger partial charge in [-0.2, -0.15) is 0 Å². The highest BCUT2D eigenvalue weighted by molar-refractivity contribution is 6.10. The van der Waals surface area contributed by atoms with Gasteiger partial charge in [-0.25, -0.2) is 4.98 Å². The second-order valence-electron chi connectivity index (χ2n) is 6.47. The number of rotatable bonds is 2. The predicted octanol–water partition coefficient (Wildman–Crippen LogP) is 6.72. The molecule has 0 radical (unpaired) electrons. The molecule has 0 saturated heterocycles. The van der Waals surface area contributed by atoms with Crippen LogP contribution < -0.4 is 0 Å². The number of hydrogen-bond acceptors (Lipinski definition) is 1. The highest BCUT2D eigenvalue weighted by Gasteiger charge is 2.09. The molecule has 1 aromatic heterocycles. The standard InChI is InChI=1S/C25H17N/c1-2-8-18(9-3-1)19-14-16-20(17-15-19)25-23-12-5-4-10-21(23)22-11-6-7-13-24(22)26-25/h1-17H. The molecule has 0 bridgehead atoms. The molecule has 122 valence electrons. The number of nitrogens with zero attached hydrogens (tertiary/aromatic N) is 1. The zero-order chi connectivity index (χ0) is 17.3. The van der Waals surface area contributed by atoms with Gasteiger partial charge in [-0.05, 0) is 22.6 Å². The molecule has 5 rings (SSSR count). The summed E-state index contributed by atoms with van der Waals surface area (Å²) in [6, 6.07) is 36.0. The molecule has 0 fully saturated rings. The number of pyridine rings is 1. The van der Waals surface area contributed by atoms with E-state index in [4.69, 9.17) is 4.98 Å². The van der Waals surface area contributed by atoms with Crippen molar-refractivity contribution in [2.75, 3.05) is 0 Å². The van der Waals surface area contributed by atoms with Crippen LogP contribution in [0.25, 0.3) is 44.1 Å². The monoisotopic (exact) mass is 331 g/mol. The smallest absolute Gasteiger partial charge is 0.0788 e. The van der Waals surface area contributed by atoms with E-state index in [1.165, 1.54) is 27.3 Å². The van der Waals surface area contributed by atoms with E-state index in [2.05, 4.69) is 91.0 Å². The summed E-state index contributed by atoms with van der Waals surface area (Å²) in [5.41, 5.74) is 5.67. The Morgan fingerprint density at radius 2 is 0.923 bits per heavy atom. The molecule has 1 heterocycles. The van der Waals surface area contributed by atoms with Crippen LogP contribution in [0.4, 0.5) is 0 Å². The van der Waals surface area contributed by atoms with E-state index < -0.39 is 0 Å². The van der Waals surface area contributed by atoms with E-state index in [0.29, 0.717) is 0 Å². The lowest BCUT2D eigenvalue weighted by atomic mass is 9.98. The lowest BCUT2D eigenvalue weighted by Gasteiger charge is -2.10.